The zero-order chi connectivity index (χ0) is 26.3. The van der Waals surface area contributed by atoms with Gasteiger partial charge in [-0.1, -0.05) is 60.7 Å². The molecule has 0 spiro atoms. The van der Waals surface area contributed by atoms with Crippen molar-refractivity contribution >= 4 is 11.6 Å². The predicted molar refractivity (Wildman–Crippen MR) is 143 cm³/mol. The Balaban J connectivity index is 1.26. The van der Waals surface area contributed by atoms with E-state index in [4.69, 9.17) is 14.2 Å². The Bertz CT molecular complexity index is 1480. The summed E-state index contributed by atoms with van der Waals surface area (Å²) in [6, 6.07) is 28.4. The smallest absolute Gasteiger partial charge is 0.232 e. The highest BCUT2D eigenvalue weighted by atomic mass is 16.5. The summed E-state index contributed by atoms with van der Waals surface area (Å²) in [5, 5.41) is 16.0. The molecule has 0 aliphatic rings. The van der Waals surface area contributed by atoms with E-state index in [-0.39, 0.29) is 12.5 Å². The average Bonchev–Trinajstić information content (AvgIpc) is 3.39. The topological polar surface area (TPSA) is 99.9 Å². The van der Waals surface area contributed by atoms with E-state index in [2.05, 4.69) is 20.6 Å². The van der Waals surface area contributed by atoms with Gasteiger partial charge in [-0.2, -0.15) is 4.52 Å². The highest BCUT2D eigenvalue weighted by molar-refractivity contribution is 5.87. The molecule has 3 aromatic carbocycles. The number of amides is 1. The van der Waals surface area contributed by atoms with Crippen LogP contribution in [0.4, 0.5) is 0 Å². The van der Waals surface area contributed by atoms with Crippen LogP contribution in [-0.4, -0.2) is 53.1 Å². The third-order valence-electron chi connectivity index (χ3n) is 6.06. The SMILES string of the molecule is COc1ccc(-c2nnc3ccc(OCCNC(=O)C(c4ccccc4)c4ccccc4)nn23)cc1OC. The van der Waals surface area contributed by atoms with Crippen LogP contribution in [0.15, 0.2) is 91.0 Å². The first-order chi connectivity index (χ1) is 18.7. The fourth-order valence-corrected chi connectivity index (χ4v) is 4.22. The second-order valence-electron chi connectivity index (χ2n) is 8.43. The summed E-state index contributed by atoms with van der Waals surface area (Å²) in [6.45, 7) is 0.563. The van der Waals surface area contributed by atoms with Crippen molar-refractivity contribution in [3.8, 4) is 28.8 Å². The molecule has 0 unspecified atom stereocenters. The van der Waals surface area contributed by atoms with Gasteiger partial charge in [0, 0.05) is 11.6 Å². The van der Waals surface area contributed by atoms with E-state index in [0.29, 0.717) is 35.4 Å². The maximum Gasteiger partial charge on any atom is 0.232 e. The fourth-order valence-electron chi connectivity index (χ4n) is 4.22. The second-order valence-corrected chi connectivity index (χ2v) is 8.43. The molecule has 1 N–H and O–H groups in total. The van der Waals surface area contributed by atoms with Gasteiger partial charge in [-0.25, -0.2) is 0 Å². The summed E-state index contributed by atoms with van der Waals surface area (Å²) in [4.78, 5) is 13.2. The Kier molecular flexibility index (Phi) is 7.44. The Morgan fingerprint density at radius 1 is 0.842 bits per heavy atom. The number of carbonyl (C=O) groups is 1. The number of fused-ring (bicyclic) bond motifs is 1. The van der Waals surface area contributed by atoms with Crippen LogP contribution in [-0.2, 0) is 4.79 Å². The highest BCUT2D eigenvalue weighted by Crippen LogP contribution is 2.31. The molecule has 5 rings (SSSR count). The number of benzene rings is 3. The van der Waals surface area contributed by atoms with E-state index < -0.39 is 5.92 Å². The molecule has 0 fully saturated rings. The van der Waals surface area contributed by atoms with Crippen LogP contribution in [0.2, 0.25) is 0 Å². The molecule has 38 heavy (non-hydrogen) atoms. The minimum atomic E-state index is -0.409. The maximum atomic E-state index is 13.2. The van der Waals surface area contributed by atoms with E-state index in [9.17, 15) is 4.79 Å². The van der Waals surface area contributed by atoms with Gasteiger partial charge in [-0.3, -0.25) is 4.79 Å². The molecule has 192 valence electrons. The first-order valence-corrected chi connectivity index (χ1v) is 12.1. The van der Waals surface area contributed by atoms with Crippen LogP contribution in [0.1, 0.15) is 17.0 Å². The molecule has 2 aromatic heterocycles. The lowest BCUT2D eigenvalue weighted by molar-refractivity contribution is -0.121. The van der Waals surface area contributed by atoms with E-state index in [1.54, 1.807) is 36.9 Å². The largest absolute Gasteiger partial charge is 0.493 e. The number of rotatable bonds is 10. The normalized spacial score (nSPS) is 10.9. The lowest BCUT2D eigenvalue weighted by atomic mass is 9.90. The first kappa shape index (κ1) is 24.8. The van der Waals surface area contributed by atoms with Gasteiger partial charge >= 0.3 is 0 Å². The maximum absolute atomic E-state index is 13.2. The van der Waals surface area contributed by atoms with Gasteiger partial charge in [0.25, 0.3) is 0 Å². The molecular weight excluding hydrogens is 482 g/mol. The molecule has 2 heterocycles. The predicted octanol–water partition coefficient (Wildman–Crippen LogP) is 4.14. The number of hydrogen-bond acceptors (Lipinski definition) is 7. The summed E-state index contributed by atoms with van der Waals surface area (Å²) in [7, 11) is 3.16. The van der Waals surface area contributed by atoms with Gasteiger partial charge in [0.2, 0.25) is 11.8 Å². The third kappa shape index (κ3) is 5.27. The molecule has 0 radical (unpaired) electrons. The highest BCUT2D eigenvalue weighted by Gasteiger charge is 2.22. The average molecular weight is 510 g/mol. The van der Waals surface area contributed by atoms with Gasteiger partial charge in [0.15, 0.2) is 23.0 Å². The Morgan fingerprint density at radius 2 is 1.53 bits per heavy atom. The van der Waals surface area contributed by atoms with Gasteiger partial charge in [0.05, 0.1) is 26.7 Å². The van der Waals surface area contributed by atoms with Crippen LogP contribution >= 0.6 is 0 Å². The van der Waals surface area contributed by atoms with Gasteiger partial charge in [-0.15, -0.1) is 15.3 Å². The summed E-state index contributed by atoms with van der Waals surface area (Å²) >= 11 is 0. The van der Waals surface area contributed by atoms with Crippen LogP contribution < -0.4 is 19.5 Å². The van der Waals surface area contributed by atoms with Crippen LogP contribution in [0.25, 0.3) is 17.0 Å². The van der Waals surface area contributed by atoms with Crippen molar-refractivity contribution in [2.45, 2.75) is 5.92 Å². The second kappa shape index (κ2) is 11.4. The zero-order valence-corrected chi connectivity index (χ0v) is 21.1. The van der Waals surface area contributed by atoms with Crippen molar-refractivity contribution in [3.05, 3.63) is 102 Å². The van der Waals surface area contributed by atoms with Gasteiger partial charge in [0.1, 0.15) is 6.61 Å². The Morgan fingerprint density at radius 3 is 2.18 bits per heavy atom. The van der Waals surface area contributed by atoms with Crippen molar-refractivity contribution in [2.75, 3.05) is 27.4 Å². The van der Waals surface area contributed by atoms with Gasteiger partial charge < -0.3 is 19.5 Å². The number of methoxy groups -OCH3 is 2. The van der Waals surface area contributed by atoms with E-state index in [1.807, 2.05) is 72.8 Å². The number of aromatic nitrogens is 4. The van der Waals surface area contributed by atoms with Crippen molar-refractivity contribution in [1.29, 1.82) is 0 Å². The molecule has 0 atom stereocenters. The summed E-state index contributed by atoms with van der Waals surface area (Å²) in [5.74, 6) is 1.61. The van der Waals surface area contributed by atoms with E-state index in [0.717, 1.165) is 16.7 Å². The van der Waals surface area contributed by atoms with Crippen molar-refractivity contribution < 1.29 is 19.0 Å². The van der Waals surface area contributed by atoms with Crippen molar-refractivity contribution in [1.82, 2.24) is 25.1 Å². The number of nitrogens with zero attached hydrogens (tertiary/aromatic N) is 4. The number of ether oxygens (including phenoxy) is 3. The molecule has 0 aliphatic carbocycles. The summed E-state index contributed by atoms with van der Waals surface area (Å²) in [5.41, 5.74) is 3.20. The first-order valence-electron chi connectivity index (χ1n) is 12.1. The minimum absolute atomic E-state index is 0.0936. The summed E-state index contributed by atoms with van der Waals surface area (Å²) in [6.07, 6.45) is 0. The molecule has 0 saturated carbocycles. The van der Waals surface area contributed by atoms with Crippen LogP contribution in [0.3, 0.4) is 0 Å². The molecule has 0 saturated heterocycles. The van der Waals surface area contributed by atoms with Crippen LogP contribution in [0, 0.1) is 0 Å². The molecule has 0 bridgehead atoms. The van der Waals surface area contributed by atoms with Gasteiger partial charge in [-0.05, 0) is 35.4 Å². The Labute approximate surface area is 220 Å². The van der Waals surface area contributed by atoms with Crippen LogP contribution in [0.5, 0.6) is 17.4 Å². The molecule has 0 aliphatic heterocycles. The lowest BCUT2D eigenvalue weighted by Gasteiger charge is -2.18. The monoisotopic (exact) mass is 509 g/mol. The van der Waals surface area contributed by atoms with Crippen molar-refractivity contribution in [3.63, 3.8) is 0 Å². The van der Waals surface area contributed by atoms with E-state index in [1.165, 1.54) is 0 Å². The minimum Gasteiger partial charge on any atom is -0.493 e. The lowest BCUT2D eigenvalue weighted by Crippen LogP contribution is -2.33. The third-order valence-corrected chi connectivity index (χ3v) is 6.06. The molecule has 1 amide bonds. The zero-order valence-electron chi connectivity index (χ0n) is 21.1. The molecule has 9 heteroatoms. The quantitative estimate of drug-likeness (QED) is 0.283. The summed E-state index contributed by atoms with van der Waals surface area (Å²) < 4.78 is 18.2. The van der Waals surface area contributed by atoms with Crippen molar-refractivity contribution in [2.24, 2.45) is 0 Å². The molecule has 5 aromatic rings. The Hall–Kier alpha value is -4.92. The molecule has 9 nitrogen and oxygen atoms in total. The van der Waals surface area contributed by atoms with E-state index >= 15 is 0 Å². The standard InChI is InChI=1S/C29H27N5O4/c1-36-23-14-13-22(19-24(23)37-2)28-32-31-25-15-16-26(33-34(25)28)38-18-17-30-29(35)27(20-9-5-3-6-10-20)21-11-7-4-8-12-21/h3-16,19,27H,17-18H2,1-2H3,(H,30,35). The number of nitrogens with one attached hydrogen (secondary N) is 1. The number of hydrogen-bond donors (Lipinski definition) is 1. The molecular formula is C29H27N5O4. The fraction of sp³-hybridized carbons (Fsp3) is 0.172. The number of carbonyl (C=O) groups excluding carboxylic acids is 1.